The zero-order chi connectivity index (χ0) is 23.4. The molecule has 0 radical (unpaired) electrons. The van der Waals surface area contributed by atoms with E-state index in [0.29, 0.717) is 31.3 Å². The third kappa shape index (κ3) is 5.64. The molecule has 176 valence electrons. The minimum Gasteiger partial charge on any atom is -0.310 e. The number of hydrogen-bond donors (Lipinski definition) is 1. The Morgan fingerprint density at radius 2 is 1.88 bits per heavy atom. The first kappa shape index (κ1) is 23.5. The number of hydrogen-bond acceptors (Lipinski definition) is 3. The summed E-state index contributed by atoms with van der Waals surface area (Å²) < 4.78 is 1.39. The van der Waals surface area contributed by atoms with Gasteiger partial charge in [0, 0.05) is 30.8 Å². The van der Waals surface area contributed by atoms with Crippen LogP contribution in [0.15, 0.2) is 58.2 Å². The van der Waals surface area contributed by atoms with Crippen LogP contribution in [0.1, 0.15) is 60.4 Å². The zero-order valence-corrected chi connectivity index (χ0v) is 20.2. The Morgan fingerprint density at radius 3 is 2.55 bits per heavy atom. The van der Waals surface area contributed by atoms with Crippen LogP contribution >= 0.6 is 0 Å². The standard InChI is InChI=1S/C28H37N3O2/c1-20-8-7-9-21(18-20)19-25-26(29-28(33)31(27(25)32)17-16-30(2)3)24-14-12-23(13-15-24)22-10-5-4-6-11-22/h4-10,18,22-24H,11-17,19H2,1-3H3,(H,29,33). The van der Waals surface area contributed by atoms with E-state index in [1.807, 2.05) is 25.1 Å². The molecule has 0 bridgehead atoms. The van der Waals surface area contributed by atoms with Crippen LogP contribution in [-0.4, -0.2) is 35.1 Å². The summed E-state index contributed by atoms with van der Waals surface area (Å²) in [5, 5.41) is 0. The van der Waals surface area contributed by atoms with Gasteiger partial charge in [-0.1, -0.05) is 54.1 Å². The molecule has 1 atom stereocenters. The van der Waals surface area contributed by atoms with Crippen LogP contribution in [-0.2, 0) is 13.0 Å². The lowest BCUT2D eigenvalue weighted by molar-refractivity contribution is 0.261. The lowest BCUT2D eigenvalue weighted by Crippen LogP contribution is -2.41. The van der Waals surface area contributed by atoms with Gasteiger partial charge in [0.2, 0.25) is 0 Å². The minimum absolute atomic E-state index is 0.125. The summed E-state index contributed by atoms with van der Waals surface area (Å²) in [7, 11) is 3.91. The maximum atomic E-state index is 13.6. The molecule has 2 aliphatic rings. The molecule has 1 unspecified atom stereocenters. The topological polar surface area (TPSA) is 58.1 Å². The van der Waals surface area contributed by atoms with Gasteiger partial charge < -0.3 is 9.88 Å². The molecular formula is C28H37N3O2. The maximum Gasteiger partial charge on any atom is 0.328 e. The predicted molar refractivity (Wildman–Crippen MR) is 135 cm³/mol. The third-order valence-electron chi connectivity index (χ3n) is 7.35. The van der Waals surface area contributed by atoms with Crippen LogP contribution in [0.3, 0.4) is 0 Å². The average molecular weight is 448 g/mol. The molecule has 2 aliphatic carbocycles. The highest BCUT2D eigenvalue weighted by molar-refractivity contribution is 5.31. The van der Waals surface area contributed by atoms with Crippen LogP contribution in [0.2, 0.25) is 0 Å². The SMILES string of the molecule is Cc1cccc(Cc2c(C3CCC(C4C=CC=CC4)CC3)[nH]c(=O)n(CCN(C)C)c2=O)c1. The number of rotatable bonds is 7. The summed E-state index contributed by atoms with van der Waals surface area (Å²) in [6, 6.07) is 8.32. The van der Waals surface area contributed by atoms with Crippen molar-refractivity contribution in [2.24, 2.45) is 11.8 Å². The van der Waals surface area contributed by atoms with E-state index < -0.39 is 0 Å². The Kier molecular flexibility index (Phi) is 7.49. The van der Waals surface area contributed by atoms with Crippen molar-refractivity contribution in [3.63, 3.8) is 0 Å². The normalized spacial score (nSPS) is 22.7. The molecule has 1 fully saturated rings. The van der Waals surface area contributed by atoms with Crippen molar-refractivity contribution in [1.82, 2.24) is 14.5 Å². The number of benzene rings is 1. The second-order valence-corrected chi connectivity index (χ2v) is 10.1. The van der Waals surface area contributed by atoms with Crippen LogP contribution < -0.4 is 11.2 Å². The molecule has 0 amide bonds. The fraction of sp³-hybridized carbons (Fsp3) is 0.500. The number of nitrogens with zero attached hydrogens (tertiary/aromatic N) is 2. The lowest BCUT2D eigenvalue weighted by atomic mass is 9.72. The number of aryl methyl sites for hydroxylation is 1. The zero-order valence-electron chi connectivity index (χ0n) is 20.2. The summed E-state index contributed by atoms with van der Waals surface area (Å²) in [6.07, 6.45) is 14.9. The van der Waals surface area contributed by atoms with E-state index in [4.69, 9.17) is 0 Å². The van der Waals surface area contributed by atoms with Crippen LogP contribution in [0, 0.1) is 18.8 Å². The quantitative estimate of drug-likeness (QED) is 0.684. The molecular weight excluding hydrogens is 410 g/mol. The van der Waals surface area contributed by atoms with Gasteiger partial charge in [-0.15, -0.1) is 0 Å². The molecule has 1 aromatic heterocycles. The highest BCUT2D eigenvalue weighted by Gasteiger charge is 2.30. The van der Waals surface area contributed by atoms with Crippen molar-refractivity contribution < 1.29 is 0 Å². The summed E-state index contributed by atoms with van der Waals surface area (Å²) in [5.74, 6) is 1.56. The molecule has 1 heterocycles. The summed E-state index contributed by atoms with van der Waals surface area (Å²) >= 11 is 0. The Bertz CT molecular complexity index is 1130. The van der Waals surface area contributed by atoms with Gasteiger partial charge in [0.1, 0.15) is 0 Å². The Balaban J connectivity index is 1.63. The molecule has 1 aromatic carbocycles. The number of aromatic nitrogens is 2. The molecule has 1 saturated carbocycles. The maximum absolute atomic E-state index is 13.6. The first-order chi connectivity index (χ1) is 15.9. The van der Waals surface area contributed by atoms with Gasteiger partial charge in [0.25, 0.3) is 5.56 Å². The first-order valence-corrected chi connectivity index (χ1v) is 12.3. The van der Waals surface area contributed by atoms with Gasteiger partial charge in [-0.3, -0.25) is 9.36 Å². The van der Waals surface area contributed by atoms with Gasteiger partial charge in [0.05, 0.1) is 0 Å². The average Bonchev–Trinajstić information content (AvgIpc) is 2.81. The fourth-order valence-electron chi connectivity index (χ4n) is 5.46. The van der Waals surface area contributed by atoms with E-state index in [2.05, 4.69) is 54.4 Å². The summed E-state index contributed by atoms with van der Waals surface area (Å²) in [4.78, 5) is 31.7. The van der Waals surface area contributed by atoms with Crippen molar-refractivity contribution in [2.75, 3.05) is 20.6 Å². The minimum atomic E-state index is -0.271. The number of H-pyrrole nitrogens is 1. The molecule has 0 aliphatic heterocycles. The Morgan fingerprint density at radius 1 is 1.09 bits per heavy atom. The summed E-state index contributed by atoms with van der Waals surface area (Å²) in [5.41, 5.74) is 3.55. The fourth-order valence-corrected chi connectivity index (χ4v) is 5.46. The largest absolute Gasteiger partial charge is 0.328 e. The van der Waals surface area contributed by atoms with Crippen LogP contribution in [0.25, 0.3) is 0 Å². The second-order valence-electron chi connectivity index (χ2n) is 10.1. The number of nitrogens with one attached hydrogen (secondary N) is 1. The molecule has 0 spiro atoms. The Hall–Kier alpha value is -2.66. The van der Waals surface area contributed by atoms with E-state index in [9.17, 15) is 9.59 Å². The third-order valence-corrected chi connectivity index (χ3v) is 7.35. The second kappa shape index (κ2) is 10.5. The lowest BCUT2D eigenvalue weighted by Gasteiger charge is -2.33. The smallest absolute Gasteiger partial charge is 0.310 e. The molecule has 0 saturated heterocycles. The van der Waals surface area contributed by atoms with Crippen molar-refractivity contribution >= 4 is 0 Å². The van der Waals surface area contributed by atoms with E-state index in [-0.39, 0.29) is 17.2 Å². The van der Waals surface area contributed by atoms with Gasteiger partial charge in [-0.2, -0.15) is 0 Å². The highest BCUT2D eigenvalue weighted by atomic mass is 16.2. The first-order valence-electron chi connectivity index (χ1n) is 12.3. The van der Waals surface area contributed by atoms with Gasteiger partial charge in [-0.05, 0) is 76.4 Å². The van der Waals surface area contributed by atoms with Crippen LogP contribution in [0.5, 0.6) is 0 Å². The Labute approximate surface area is 196 Å². The van der Waals surface area contributed by atoms with Crippen molar-refractivity contribution in [1.29, 1.82) is 0 Å². The van der Waals surface area contributed by atoms with Crippen molar-refractivity contribution in [3.05, 3.63) is 91.8 Å². The molecule has 5 heteroatoms. The van der Waals surface area contributed by atoms with E-state index in [0.717, 1.165) is 48.9 Å². The molecule has 1 N–H and O–H groups in total. The summed E-state index contributed by atoms with van der Waals surface area (Å²) in [6.45, 7) is 3.13. The number of aromatic amines is 1. The highest BCUT2D eigenvalue weighted by Crippen LogP contribution is 2.40. The van der Waals surface area contributed by atoms with Gasteiger partial charge in [0.15, 0.2) is 0 Å². The predicted octanol–water partition coefficient (Wildman–Crippen LogP) is 4.40. The van der Waals surface area contributed by atoms with E-state index >= 15 is 0 Å². The van der Waals surface area contributed by atoms with Gasteiger partial charge >= 0.3 is 5.69 Å². The monoisotopic (exact) mass is 447 g/mol. The van der Waals surface area contributed by atoms with E-state index in [1.54, 1.807) is 0 Å². The van der Waals surface area contributed by atoms with Gasteiger partial charge in [-0.25, -0.2) is 4.79 Å². The van der Waals surface area contributed by atoms with Crippen molar-refractivity contribution in [2.45, 2.75) is 57.9 Å². The molecule has 4 rings (SSSR count). The van der Waals surface area contributed by atoms with Crippen LogP contribution in [0.4, 0.5) is 0 Å². The number of allylic oxidation sites excluding steroid dienone is 4. The van der Waals surface area contributed by atoms with E-state index in [1.165, 1.54) is 10.1 Å². The molecule has 33 heavy (non-hydrogen) atoms. The van der Waals surface area contributed by atoms with Crippen molar-refractivity contribution in [3.8, 4) is 0 Å². The molecule has 5 nitrogen and oxygen atoms in total. The molecule has 2 aromatic rings. The number of likely N-dealkylation sites (N-methyl/N-ethyl adjacent to an activating group) is 1.